The Hall–Kier alpha value is -3.74. The molecule has 1 aromatic carbocycles. The number of fused-ring (bicyclic) bond motifs is 1. The number of pyridine rings is 1. The molecule has 0 fully saturated rings. The summed E-state index contributed by atoms with van der Waals surface area (Å²) >= 11 is 0. The van der Waals surface area contributed by atoms with Crippen molar-refractivity contribution in [2.45, 2.75) is 6.54 Å². The highest BCUT2D eigenvalue weighted by Crippen LogP contribution is 2.24. The standard InChI is InChI=1S/C19H16N6O/c20-18(26)14-6-4-13(5-7-14)16-12-23-25-10-8-17(24-19(16)25)22-11-15-3-1-2-9-21-15/h1-10,12H,11H2,(H2,20,26)(H,22,24). The van der Waals surface area contributed by atoms with Crippen molar-refractivity contribution in [2.24, 2.45) is 5.73 Å². The first-order valence-electron chi connectivity index (χ1n) is 8.09. The second-order valence-corrected chi connectivity index (χ2v) is 5.76. The van der Waals surface area contributed by atoms with Crippen molar-refractivity contribution in [1.29, 1.82) is 0 Å². The second kappa shape index (κ2) is 6.64. The summed E-state index contributed by atoms with van der Waals surface area (Å²) in [6, 6.07) is 14.7. The molecule has 4 rings (SSSR count). The molecule has 4 aromatic rings. The van der Waals surface area contributed by atoms with Crippen LogP contribution >= 0.6 is 0 Å². The minimum Gasteiger partial charge on any atom is -0.366 e. The van der Waals surface area contributed by atoms with E-state index >= 15 is 0 Å². The lowest BCUT2D eigenvalue weighted by atomic mass is 10.1. The van der Waals surface area contributed by atoms with Gasteiger partial charge in [0, 0.05) is 23.5 Å². The van der Waals surface area contributed by atoms with Gasteiger partial charge >= 0.3 is 0 Å². The molecular formula is C19H16N6O. The van der Waals surface area contributed by atoms with Crippen LogP contribution in [0.1, 0.15) is 16.1 Å². The van der Waals surface area contributed by atoms with Gasteiger partial charge in [0.2, 0.25) is 5.91 Å². The number of aromatic nitrogens is 4. The Bertz CT molecular complexity index is 1060. The quantitative estimate of drug-likeness (QED) is 0.580. The normalized spacial score (nSPS) is 10.8. The van der Waals surface area contributed by atoms with Crippen LogP contribution in [0.3, 0.4) is 0 Å². The van der Waals surface area contributed by atoms with Crippen molar-refractivity contribution in [3.63, 3.8) is 0 Å². The Balaban J connectivity index is 1.63. The zero-order valence-electron chi connectivity index (χ0n) is 13.8. The fourth-order valence-electron chi connectivity index (χ4n) is 2.67. The van der Waals surface area contributed by atoms with Gasteiger partial charge in [0.05, 0.1) is 18.4 Å². The third-order valence-corrected chi connectivity index (χ3v) is 4.03. The van der Waals surface area contributed by atoms with Crippen LogP contribution in [0.5, 0.6) is 0 Å². The molecule has 3 N–H and O–H groups in total. The van der Waals surface area contributed by atoms with Crippen LogP contribution in [0, 0.1) is 0 Å². The number of benzene rings is 1. The summed E-state index contributed by atoms with van der Waals surface area (Å²) in [6.07, 6.45) is 5.37. The molecule has 0 aliphatic rings. The average molecular weight is 344 g/mol. The van der Waals surface area contributed by atoms with Crippen molar-refractivity contribution in [3.8, 4) is 11.1 Å². The lowest BCUT2D eigenvalue weighted by molar-refractivity contribution is 0.100. The van der Waals surface area contributed by atoms with Gasteiger partial charge in [0.1, 0.15) is 5.82 Å². The van der Waals surface area contributed by atoms with Crippen LogP contribution in [0.25, 0.3) is 16.8 Å². The van der Waals surface area contributed by atoms with Gasteiger partial charge in [-0.15, -0.1) is 0 Å². The minimum absolute atomic E-state index is 0.449. The van der Waals surface area contributed by atoms with Gasteiger partial charge in [-0.25, -0.2) is 9.50 Å². The summed E-state index contributed by atoms with van der Waals surface area (Å²) in [5.74, 6) is 0.286. The van der Waals surface area contributed by atoms with E-state index in [4.69, 9.17) is 5.73 Å². The van der Waals surface area contributed by atoms with E-state index < -0.39 is 5.91 Å². The minimum atomic E-state index is -0.449. The predicted molar refractivity (Wildman–Crippen MR) is 98.5 cm³/mol. The summed E-state index contributed by atoms with van der Waals surface area (Å²) < 4.78 is 1.71. The number of rotatable bonds is 5. The van der Waals surface area contributed by atoms with Gasteiger partial charge in [-0.3, -0.25) is 9.78 Å². The molecule has 128 valence electrons. The number of nitrogens with two attached hydrogens (primary N) is 1. The first kappa shape index (κ1) is 15.8. The van der Waals surface area contributed by atoms with Crippen molar-refractivity contribution < 1.29 is 4.79 Å². The molecular weight excluding hydrogens is 328 g/mol. The summed E-state index contributed by atoms with van der Waals surface area (Å²) in [5, 5.41) is 7.60. The molecule has 1 amide bonds. The van der Waals surface area contributed by atoms with Gasteiger partial charge < -0.3 is 11.1 Å². The number of carbonyl (C=O) groups excluding carboxylic acids is 1. The number of hydrogen-bond donors (Lipinski definition) is 2. The molecule has 0 saturated heterocycles. The average Bonchev–Trinajstić information content (AvgIpc) is 3.10. The van der Waals surface area contributed by atoms with Crippen LogP contribution < -0.4 is 11.1 Å². The second-order valence-electron chi connectivity index (χ2n) is 5.76. The van der Waals surface area contributed by atoms with E-state index in [1.807, 2.05) is 42.6 Å². The number of amides is 1. The highest BCUT2D eigenvalue weighted by molar-refractivity contribution is 5.93. The van der Waals surface area contributed by atoms with E-state index in [2.05, 4.69) is 20.4 Å². The maximum atomic E-state index is 11.2. The molecule has 7 nitrogen and oxygen atoms in total. The number of nitrogens with one attached hydrogen (secondary N) is 1. The highest BCUT2D eigenvalue weighted by atomic mass is 16.1. The molecule has 26 heavy (non-hydrogen) atoms. The van der Waals surface area contributed by atoms with Crippen LogP contribution in [0.15, 0.2) is 67.1 Å². The number of primary amides is 1. The van der Waals surface area contributed by atoms with Gasteiger partial charge in [0.25, 0.3) is 0 Å². The van der Waals surface area contributed by atoms with Gasteiger partial charge in [-0.1, -0.05) is 18.2 Å². The molecule has 0 bridgehead atoms. The van der Waals surface area contributed by atoms with Crippen molar-refractivity contribution in [2.75, 3.05) is 5.32 Å². The fraction of sp³-hybridized carbons (Fsp3) is 0.0526. The lowest BCUT2D eigenvalue weighted by Crippen LogP contribution is -2.10. The van der Waals surface area contributed by atoms with Gasteiger partial charge in [0.15, 0.2) is 5.65 Å². The van der Waals surface area contributed by atoms with E-state index in [1.54, 1.807) is 29.0 Å². The van der Waals surface area contributed by atoms with E-state index in [0.717, 1.165) is 28.3 Å². The van der Waals surface area contributed by atoms with E-state index in [9.17, 15) is 4.79 Å². The van der Waals surface area contributed by atoms with E-state index in [0.29, 0.717) is 12.1 Å². The molecule has 7 heteroatoms. The topological polar surface area (TPSA) is 98.2 Å². The molecule has 3 aromatic heterocycles. The summed E-state index contributed by atoms with van der Waals surface area (Å²) in [4.78, 5) is 20.2. The van der Waals surface area contributed by atoms with E-state index in [-0.39, 0.29) is 0 Å². The summed E-state index contributed by atoms with van der Waals surface area (Å²) in [5.41, 5.74) is 9.21. The van der Waals surface area contributed by atoms with Crippen LogP contribution in [-0.2, 0) is 6.54 Å². The van der Waals surface area contributed by atoms with Crippen LogP contribution in [-0.4, -0.2) is 25.5 Å². The Kier molecular flexibility index (Phi) is 4.03. The first-order valence-corrected chi connectivity index (χ1v) is 8.09. The molecule has 0 radical (unpaired) electrons. The maximum Gasteiger partial charge on any atom is 0.248 e. The molecule has 0 aliphatic carbocycles. The SMILES string of the molecule is NC(=O)c1ccc(-c2cnn3ccc(NCc4ccccn4)nc23)cc1. The van der Waals surface area contributed by atoms with Crippen molar-refractivity contribution >= 4 is 17.4 Å². The number of nitrogens with zero attached hydrogens (tertiary/aromatic N) is 4. The zero-order valence-corrected chi connectivity index (χ0v) is 13.8. The first-order chi connectivity index (χ1) is 12.7. The summed E-state index contributed by atoms with van der Waals surface area (Å²) in [7, 11) is 0. The molecule has 0 saturated carbocycles. The number of carbonyl (C=O) groups is 1. The largest absolute Gasteiger partial charge is 0.366 e. The zero-order chi connectivity index (χ0) is 17.9. The third kappa shape index (κ3) is 3.10. The number of hydrogen-bond acceptors (Lipinski definition) is 5. The summed E-state index contributed by atoms with van der Waals surface area (Å²) in [6.45, 7) is 0.584. The predicted octanol–water partition coefficient (Wildman–Crippen LogP) is 2.50. The lowest BCUT2D eigenvalue weighted by Gasteiger charge is -2.06. The monoisotopic (exact) mass is 344 g/mol. The van der Waals surface area contributed by atoms with E-state index in [1.165, 1.54) is 0 Å². The van der Waals surface area contributed by atoms with Crippen LogP contribution in [0.4, 0.5) is 5.82 Å². The van der Waals surface area contributed by atoms with Gasteiger partial charge in [-0.2, -0.15) is 5.10 Å². The van der Waals surface area contributed by atoms with Crippen LogP contribution in [0.2, 0.25) is 0 Å². The third-order valence-electron chi connectivity index (χ3n) is 4.03. The molecule has 3 heterocycles. The molecule has 0 atom stereocenters. The Morgan fingerprint density at radius 3 is 2.69 bits per heavy atom. The molecule has 0 unspecified atom stereocenters. The molecule has 0 aliphatic heterocycles. The van der Waals surface area contributed by atoms with Crippen molar-refractivity contribution in [1.82, 2.24) is 19.6 Å². The molecule has 0 spiro atoms. The fourth-order valence-corrected chi connectivity index (χ4v) is 2.67. The van der Waals surface area contributed by atoms with Gasteiger partial charge in [-0.05, 0) is 35.9 Å². The number of anilines is 1. The highest BCUT2D eigenvalue weighted by Gasteiger charge is 2.10. The maximum absolute atomic E-state index is 11.2. The smallest absolute Gasteiger partial charge is 0.248 e. The Labute approximate surface area is 149 Å². The Morgan fingerprint density at radius 2 is 1.96 bits per heavy atom. The van der Waals surface area contributed by atoms with Crippen molar-refractivity contribution in [3.05, 3.63) is 78.4 Å². The Morgan fingerprint density at radius 1 is 1.12 bits per heavy atom.